The van der Waals surface area contributed by atoms with Gasteiger partial charge in [-0.05, 0) is 55.9 Å². The van der Waals surface area contributed by atoms with Gasteiger partial charge < -0.3 is 24.3 Å². The molecule has 9 heteroatoms. The van der Waals surface area contributed by atoms with E-state index in [4.69, 9.17) is 18.9 Å². The molecule has 3 atom stereocenters. The molecule has 1 N–H and O–H groups in total. The Balaban J connectivity index is 1.70. The Labute approximate surface area is 241 Å². The molecular formula is C32H38N2O7. The van der Waals surface area contributed by atoms with Gasteiger partial charge >= 0.3 is 11.9 Å². The first kappa shape index (κ1) is 31.1. The lowest BCUT2D eigenvalue weighted by Crippen LogP contribution is -2.45. The molecule has 0 aliphatic rings. The van der Waals surface area contributed by atoms with Gasteiger partial charge in [-0.1, -0.05) is 56.3 Å². The average Bonchev–Trinajstić information content (AvgIpc) is 2.97. The van der Waals surface area contributed by atoms with Crippen LogP contribution in [0.5, 0.6) is 17.2 Å². The van der Waals surface area contributed by atoms with E-state index in [2.05, 4.69) is 24.1 Å². The summed E-state index contributed by atoms with van der Waals surface area (Å²) in [6, 6.07) is 18.3. The third-order valence-electron chi connectivity index (χ3n) is 6.76. The van der Waals surface area contributed by atoms with Crippen molar-refractivity contribution in [2.45, 2.75) is 65.7 Å². The summed E-state index contributed by atoms with van der Waals surface area (Å²) < 4.78 is 22.5. The van der Waals surface area contributed by atoms with E-state index in [1.165, 1.54) is 33.2 Å². The minimum absolute atomic E-state index is 0.128. The highest BCUT2D eigenvalue weighted by Crippen LogP contribution is 2.30. The molecule has 0 saturated heterocycles. The zero-order valence-corrected chi connectivity index (χ0v) is 24.4. The number of carbonyl (C=O) groups excluding carboxylic acids is 3. The van der Waals surface area contributed by atoms with Gasteiger partial charge in [0.05, 0.1) is 7.11 Å². The molecule has 0 aliphatic heterocycles. The number of methoxy groups -OCH3 is 1. The van der Waals surface area contributed by atoms with Crippen molar-refractivity contribution in [1.29, 1.82) is 0 Å². The fraction of sp³-hybridized carbons (Fsp3) is 0.375. The van der Waals surface area contributed by atoms with Crippen LogP contribution in [-0.4, -0.2) is 48.2 Å². The molecule has 2 aromatic carbocycles. The summed E-state index contributed by atoms with van der Waals surface area (Å²) in [5.74, 6) is -1.17. The molecule has 0 saturated carbocycles. The van der Waals surface area contributed by atoms with E-state index in [0.717, 1.165) is 24.0 Å². The Hall–Kier alpha value is -4.40. The summed E-state index contributed by atoms with van der Waals surface area (Å²) in [4.78, 5) is 41.6. The average molecular weight is 563 g/mol. The van der Waals surface area contributed by atoms with Crippen molar-refractivity contribution in [1.82, 2.24) is 10.3 Å². The molecule has 9 nitrogen and oxygen atoms in total. The maximum atomic E-state index is 13.0. The van der Waals surface area contributed by atoms with Gasteiger partial charge in [0.25, 0.3) is 5.91 Å². The van der Waals surface area contributed by atoms with E-state index >= 15 is 0 Å². The van der Waals surface area contributed by atoms with E-state index < -0.39 is 36.1 Å². The van der Waals surface area contributed by atoms with E-state index in [-0.39, 0.29) is 23.1 Å². The smallest absolute Gasteiger partial charge is 0.328 e. The summed E-state index contributed by atoms with van der Waals surface area (Å²) >= 11 is 0. The highest BCUT2D eigenvalue weighted by atomic mass is 16.6. The second kappa shape index (κ2) is 14.8. The second-order valence-electron chi connectivity index (χ2n) is 9.67. The molecule has 0 spiro atoms. The van der Waals surface area contributed by atoms with Gasteiger partial charge in [-0.2, -0.15) is 0 Å². The number of ether oxygens (including phenoxy) is 4. The number of amides is 1. The Bertz CT molecular complexity index is 1310. The zero-order chi connectivity index (χ0) is 29.9. The number of pyridine rings is 1. The number of carbonyl (C=O) groups is 3. The fourth-order valence-corrected chi connectivity index (χ4v) is 4.51. The number of aromatic nitrogens is 1. The van der Waals surface area contributed by atoms with Crippen LogP contribution >= 0.6 is 0 Å². The third-order valence-corrected chi connectivity index (χ3v) is 6.76. The van der Waals surface area contributed by atoms with Gasteiger partial charge in [0.15, 0.2) is 11.4 Å². The van der Waals surface area contributed by atoms with Crippen LogP contribution < -0.4 is 19.5 Å². The predicted molar refractivity (Wildman–Crippen MR) is 155 cm³/mol. The van der Waals surface area contributed by atoms with Crippen LogP contribution in [-0.2, 0) is 14.3 Å². The standard InChI is InChI=1S/C32H38N2O7/c1-7-23(8-2)29(41-26-16-14-25(15-17-26)24-12-10-9-11-13-24)21(4)39-32(37)20(3)34-31(36)28-30(40-22(5)35)27(38-6)18-19-33-28/h9-21,23,29H,7-8H2,1-6H3,(H,34,36)/t20-,21-,29-/m0/s1. The Morgan fingerprint density at radius 1 is 0.902 bits per heavy atom. The molecule has 1 amide bonds. The van der Waals surface area contributed by atoms with Crippen LogP contribution in [0, 0.1) is 5.92 Å². The van der Waals surface area contributed by atoms with Gasteiger partial charge in [-0.15, -0.1) is 0 Å². The zero-order valence-electron chi connectivity index (χ0n) is 24.4. The molecule has 0 fully saturated rings. The quantitative estimate of drug-likeness (QED) is 0.267. The first-order valence-electron chi connectivity index (χ1n) is 13.7. The molecule has 3 rings (SSSR count). The van der Waals surface area contributed by atoms with Crippen molar-refractivity contribution >= 4 is 17.8 Å². The molecule has 41 heavy (non-hydrogen) atoms. The second-order valence-corrected chi connectivity index (χ2v) is 9.67. The van der Waals surface area contributed by atoms with Crippen LogP contribution in [0.25, 0.3) is 11.1 Å². The van der Waals surface area contributed by atoms with E-state index in [1.54, 1.807) is 6.92 Å². The van der Waals surface area contributed by atoms with Gasteiger partial charge in [-0.3, -0.25) is 9.59 Å². The maximum Gasteiger partial charge on any atom is 0.328 e. The van der Waals surface area contributed by atoms with E-state index in [1.807, 2.05) is 54.6 Å². The summed E-state index contributed by atoms with van der Waals surface area (Å²) in [6.45, 7) is 8.64. The number of hydrogen-bond acceptors (Lipinski definition) is 8. The van der Waals surface area contributed by atoms with Crippen molar-refractivity contribution in [2.75, 3.05) is 7.11 Å². The maximum absolute atomic E-state index is 13.0. The van der Waals surface area contributed by atoms with Crippen molar-refractivity contribution in [3.05, 3.63) is 72.6 Å². The normalized spacial score (nSPS) is 13.0. The van der Waals surface area contributed by atoms with Crippen molar-refractivity contribution < 1.29 is 33.3 Å². The lowest BCUT2D eigenvalue weighted by atomic mass is 9.93. The minimum atomic E-state index is -1.02. The highest BCUT2D eigenvalue weighted by molar-refractivity contribution is 5.98. The third kappa shape index (κ3) is 8.30. The van der Waals surface area contributed by atoms with Gasteiger partial charge in [0.2, 0.25) is 5.75 Å². The molecule has 1 heterocycles. The number of benzene rings is 2. The Kier molecular flexibility index (Phi) is 11.3. The summed E-state index contributed by atoms with van der Waals surface area (Å²) in [7, 11) is 1.38. The molecule has 0 aliphatic carbocycles. The van der Waals surface area contributed by atoms with Crippen molar-refractivity contribution in [3.8, 4) is 28.4 Å². The number of hydrogen-bond donors (Lipinski definition) is 1. The van der Waals surface area contributed by atoms with Crippen molar-refractivity contribution in [2.24, 2.45) is 5.92 Å². The summed E-state index contributed by atoms with van der Waals surface area (Å²) in [6.07, 6.45) is 1.99. The van der Waals surface area contributed by atoms with E-state index in [9.17, 15) is 14.4 Å². The van der Waals surface area contributed by atoms with Gasteiger partial charge in [0, 0.05) is 19.2 Å². The number of rotatable bonds is 13. The molecule has 0 unspecified atom stereocenters. The summed E-state index contributed by atoms with van der Waals surface area (Å²) in [5, 5.41) is 2.57. The molecule has 0 bridgehead atoms. The predicted octanol–water partition coefficient (Wildman–Crippen LogP) is 5.62. The number of nitrogens with zero attached hydrogens (tertiary/aromatic N) is 1. The lowest BCUT2D eigenvalue weighted by molar-refractivity contribution is -0.156. The van der Waals surface area contributed by atoms with Crippen molar-refractivity contribution in [3.63, 3.8) is 0 Å². The first-order chi connectivity index (χ1) is 19.7. The molecule has 218 valence electrons. The minimum Gasteiger partial charge on any atom is -0.493 e. The van der Waals surface area contributed by atoms with Crippen LogP contribution in [0.4, 0.5) is 0 Å². The topological polar surface area (TPSA) is 113 Å². The van der Waals surface area contributed by atoms with E-state index in [0.29, 0.717) is 5.75 Å². The highest BCUT2D eigenvalue weighted by Gasteiger charge is 2.32. The lowest BCUT2D eigenvalue weighted by Gasteiger charge is -2.31. The van der Waals surface area contributed by atoms with Gasteiger partial charge in [0.1, 0.15) is 24.0 Å². The SMILES string of the molecule is CCC(CC)[C@@H](Oc1ccc(-c2ccccc2)cc1)[C@H](C)OC(=O)[C@H](C)NC(=O)c1nccc(OC)c1OC(C)=O. The molecule has 1 aromatic heterocycles. The largest absolute Gasteiger partial charge is 0.493 e. The molecule has 3 aromatic rings. The van der Waals surface area contributed by atoms with Crippen LogP contribution in [0.15, 0.2) is 66.9 Å². The Morgan fingerprint density at radius 3 is 2.12 bits per heavy atom. The summed E-state index contributed by atoms with van der Waals surface area (Å²) in [5.41, 5.74) is 1.99. The van der Waals surface area contributed by atoms with Crippen LogP contribution in [0.2, 0.25) is 0 Å². The number of nitrogens with one attached hydrogen (secondary N) is 1. The Morgan fingerprint density at radius 2 is 1.54 bits per heavy atom. The van der Waals surface area contributed by atoms with Gasteiger partial charge in [-0.25, -0.2) is 9.78 Å². The fourth-order valence-electron chi connectivity index (χ4n) is 4.51. The first-order valence-corrected chi connectivity index (χ1v) is 13.7. The van der Waals surface area contributed by atoms with Crippen LogP contribution in [0.3, 0.4) is 0 Å². The van der Waals surface area contributed by atoms with Crippen LogP contribution in [0.1, 0.15) is 57.9 Å². The molecular weight excluding hydrogens is 524 g/mol. The monoisotopic (exact) mass is 562 g/mol. The molecule has 0 radical (unpaired) electrons. The number of esters is 2.